The fraction of sp³-hybridized carbons (Fsp3) is 0.462. The third-order valence-electron chi connectivity index (χ3n) is 3.13. The molecule has 1 aliphatic rings. The number of thioether (sulfide) groups is 1. The van der Waals surface area contributed by atoms with Gasteiger partial charge in [-0.05, 0) is 37.0 Å². The third kappa shape index (κ3) is 3.22. The van der Waals surface area contributed by atoms with Crippen molar-refractivity contribution in [2.24, 2.45) is 5.92 Å². The van der Waals surface area contributed by atoms with E-state index >= 15 is 0 Å². The molecule has 0 atom stereocenters. The lowest BCUT2D eigenvalue weighted by Gasteiger charge is -2.09. The maximum absolute atomic E-state index is 13.6. The molecule has 1 fully saturated rings. The minimum absolute atomic E-state index is 0.00714. The van der Waals surface area contributed by atoms with Crippen LogP contribution < -0.4 is 0 Å². The van der Waals surface area contributed by atoms with Crippen LogP contribution in [0, 0.1) is 11.7 Å². The molecule has 2 nitrogen and oxygen atoms in total. The van der Waals surface area contributed by atoms with E-state index < -0.39 is 11.8 Å². The predicted octanol–water partition coefficient (Wildman–Crippen LogP) is 3.81. The third-order valence-corrected chi connectivity index (χ3v) is 4.41. The monoisotopic (exact) mass is 254 g/mol. The standard InChI is InChI=1S/C13H15FO2S/c14-11-7-10(13(15)16)5-6-12(11)17-8-9-3-1-2-4-9/h5-7,9H,1-4,8H2,(H,15,16). The molecule has 0 heterocycles. The van der Waals surface area contributed by atoms with Gasteiger partial charge in [-0.25, -0.2) is 9.18 Å². The number of benzene rings is 1. The van der Waals surface area contributed by atoms with Gasteiger partial charge in [0.05, 0.1) is 5.56 Å². The summed E-state index contributed by atoms with van der Waals surface area (Å²) in [6.45, 7) is 0. The zero-order valence-electron chi connectivity index (χ0n) is 9.49. The molecule has 0 amide bonds. The fourth-order valence-electron chi connectivity index (χ4n) is 2.14. The van der Waals surface area contributed by atoms with Crippen molar-refractivity contribution in [2.45, 2.75) is 30.6 Å². The first-order chi connectivity index (χ1) is 8.16. The van der Waals surface area contributed by atoms with Gasteiger partial charge < -0.3 is 5.11 Å². The summed E-state index contributed by atoms with van der Waals surface area (Å²) in [5, 5.41) is 8.73. The number of carbonyl (C=O) groups is 1. The summed E-state index contributed by atoms with van der Waals surface area (Å²) >= 11 is 1.50. The van der Waals surface area contributed by atoms with Crippen LogP contribution in [0.4, 0.5) is 4.39 Å². The van der Waals surface area contributed by atoms with E-state index in [1.165, 1.54) is 43.5 Å². The molecular weight excluding hydrogens is 239 g/mol. The van der Waals surface area contributed by atoms with Crippen molar-refractivity contribution in [1.29, 1.82) is 0 Å². The van der Waals surface area contributed by atoms with Crippen LogP contribution in [0.5, 0.6) is 0 Å². The Kier molecular flexibility index (Phi) is 4.05. The lowest BCUT2D eigenvalue weighted by atomic mass is 10.1. The van der Waals surface area contributed by atoms with E-state index in [9.17, 15) is 9.18 Å². The molecule has 17 heavy (non-hydrogen) atoms. The van der Waals surface area contributed by atoms with Gasteiger partial charge in [0.1, 0.15) is 5.82 Å². The van der Waals surface area contributed by atoms with Gasteiger partial charge in [0.25, 0.3) is 0 Å². The number of rotatable bonds is 4. The molecular formula is C13H15FO2S. The summed E-state index contributed by atoms with van der Waals surface area (Å²) in [5.41, 5.74) is 0.00714. The maximum atomic E-state index is 13.6. The molecule has 0 aliphatic heterocycles. The maximum Gasteiger partial charge on any atom is 0.335 e. The minimum atomic E-state index is -1.09. The summed E-state index contributed by atoms with van der Waals surface area (Å²) < 4.78 is 13.6. The molecule has 0 saturated heterocycles. The molecule has 0 unspecified atom stereocenters. The Labute approximate surface area is 104 Å². The Morgan fingerprint density at radius 1 is 1.41 bits per heavy atom. The molecule has 0 radical (unpaired) electrons. The van der Waals surface area contributed by atoms with E-state index in [0.29, 0.717) is 10.8 Å². The molecule has 4 heteroatoms. The molecule has 1 aliphatic carbocycles. The van der Waals surface area contributed by atoms with Crippen LogP contribution in [0.3, 0.4) is 0 Å². The van der Waals surface area contributed by atoms with E-state index in [1.54, 1.807) is 6.07 Å². The summed E-state index contributed by atoms with van der Waals surface area (Å²) in [7, 11) is 0. The van der Waals surface area contributed by atoms with Gasteiger partial charge in [-0.15, -0.1) is 11.8 Å². The molecule has 0 bridgehead atoms. The van der Waals surface area contributed by atoms with Crippen molar-refractivity contribution in [3.63, 3.8) is 0 Å². The molecule has 2 rings (SSSR count). The first-order valence-corrected chi connectivity index (χ1v) is 6.81. The topological polar surface area (TPSA) is 37.3 Å². The van der Waals surface area contributed by atoms with Crippen LogP contribution in [-0.4, -0.2) is 16.8 Å². The SMILES string of the molecule is O=C(O)c1ccc(SCC2CCCC2)c(F)c1. The minimum Gasteiger partial charge on any atom is -0.478 e. The van der Waals surface area contributed by atoms with E-state index in [0.717, 1.165) is 11.8 Å². The van der Waals surface area contributed by atoms with Gasteiger partial charge in [-0.3, -0.25) is 0 Å². The molecule has 0 spiro atoms. The molecule has 1 aromatic carbocycles. The van der Waals surface area contributed by atoms with Gasteiger partial charge in [0.2, 0.25) is 0 Å². The van der Waals surface area contributed by atoms with Crippen molar-refractivity contribution in [3.8, 4) is 0 Å². The Morgan fingerprint density at radius 2 is 2.12 bits per heavy atom. The molecule has 1 aromatic rings. The zero-order chi connectivity index (χ0) is 12.3. The second-order valence-electron chi connectivity index (χ2n) is 4.41. The van der Waals surface area contributed by atoms with Crippen LogP contribution in [0.15, 0.2) is 23.1 Å². The van der Waals surface area contributed by atoms with Crippen molar-refractivity contribution in [1.82, 2.24) is 0 Å². The quantitative estimate of drug-likeness (QED) is 0.830. The first-order valence-electron chi connectivity index (χ1n) is 5.82. The number of aromatic carboxylic acids is 1. The van der Waals surface area contributed by atoms with Crippen molar-refractivity contribution in [2.75, 3.05) is 5.75 Å². The normalized spacial score (nSPS) is 16.3. The average Bonchev–Trinajstić information content (AvgIpc) is 2.80. The van der Waals surface area contributed by atoms with Crippen molar-refractivity contribution >= 4 is 17.7 Å². The van der Waals surface area contributed by atoms with E-state index in [2.05, 4.69) is 0 Å². The largest absolute Gasteiger partial charge is 0.478 e. The molecule has 1 saturated carbocycles. The number of hydrogen-bond acceptors (Lipinski definition) is 2. The van der Waals surface area contributed by atoms with Crippen LogP contribution in [0.2, 0.25) is 0 Å². The van der Waals surface area contributed by atoms with Crippen LogP contribution in [0.1, 0.15) is 36.0 Å². The van der Waals surface area contributed by atoms with E-state index in [-0.39, 0.29) is 5.56 Å². The van der Waals surface area contributed by atoms with Crippen LogP contribution in [-0.2, 0) is 0 Å². The van der Waals surface area contributed by atoms with Crippen molar-refractivity contribution < 1.29 is 14.3 Å². The fourth-order valence-corrected chi connectivity index (χ4v) is 3.25. The van der Waals surface area contributed by atoms with Gasteiger partial charge >= 0.3 is 5.97 Å². The number of carboxylic acid groups (broad SMARTS) is 1. The Hall–Kier alpha value is -1.03. The van der Waals surface area contributed by atoms with Gasteiger partial charge in [0, 0.05) is 10.6 Å². The van der Waals surface area contributed by atoms with Gasteiger partial charge in [0.15, 0.2) is 0 Å². The molecule has 0 aromatic heterocycles. The Morgan fingerprint density at radius 3 is 2.71 bits per heavy atom. The second kappa shape index (κ2) is 5.54. The number of hydrogen-bond donors (Lipinski definition) is 1. The lowest BCUT2D eigenvalue weighted by Crippen LogP contribution is -1.99. The highest BCUT2D eigenvalue weighted by atomic mass is 32.2. The van der Waals surface area contributed by atoms with Crippen molar-refractivity contribution in [3.05, 3.63) is 29.6 Å². The highest BCUT2D eigenvalue weighted by Gasteiger charge is 2.16. The predicted molar refractivity (Wildman–Crippen MR) is 66.0 cm³/mol. The highest BCUT2D eigenvalue weighted by Crippen LogP contribution is 2.32. The van der Waals surface area contributed by atoms with Gasteiger partial charge in [-0.2, -0.15) is 0 Å². The molecule has 92 valence electrons. The van der Waals surface area contributed by atoms with Crippen LogP contribution >= 0.6 is 11.8 Å². The number of halogens is 1. The Balaban J connectivity index is 1.98. The summed E-state index contributed by atoms with van der Waals surface area (Å²) in [4.78, 5) is 11.2. The summed E-state index contributed by atoms with van der Waals surface area (Å²) in [6.07, 6.45) is 5.04. The lowest BCUT2D eigenvalue weighted by molar-refractivity contribution is 0.0696. The second-order valence-corrected chi connectivity index (χ2v) is 5.47. The highest BCUT2D eigenvalue weighted by molar-refractivity contribution is 7.99. The zero-order valence-corrected chi connectivity index (χ0v) is 10.3. The Bertz CT molecular complexity index is 414. The van der Waals surface area contributed by atoms with Crippen LogP contribution in [0.25, 0.3) is 0 Å². The molecule has 1 N–H and O–H groups in total. The van der Waals surface area contributed by atoms with E-state index in [1.807, 2.05) is 0 Å². The smallest absolute Gasteiger partial charge is 0.335 e. The van der Waals surface area contributed by atoms with E-state index in [4.69, 9.17) is 5.11 Å². The van der Waals surface area contributed by atoms with Gasteiger partial charge in [-0.1, -0.05) is 12.8 Å². The summed E-state index contributed by atoms with van der Waals surface area (Å²) in [6, 6.07) is 4.13. The summed E-state index contributed by atoms with van der Waals surface area (Å²) in [5.74, 6) is 0.117. The average molecular weight is 254 g/mol. The first kappa shape index (κ1) is 12.4. The number of carboxylic acids is 1.